The zero-order valence-electron chi connectivity index (χ0n) is 9.54. The van der Waals surface area contributed by atoms with E-state index in [4.69, 9.17) is 4.74 Å². The molecule has 0 aliphatic carbocycles. The van der Waals surface area contributed by atoms with Gasteiger partial charge in [0, 0.05) is 7.11 Å². The zero-order valence-corrected chi connectivity index (χ0v) is 11.9. The van der Waals surface area contributed by atoms with Crippen molar-refractivity contribution in [1.82, 2.24) is 9.97 Å². The van der Waals surface area contributed by atoms with E-state index in [1.54, 1.807) is 18.9 Å². The van der Waals surface area contributed by atoms with Crippen molar-refractivity contribution in [1.29, 1.82) is 0 Å². The highest BCUT2D eigenvalue weighted by atomic mass is 79.9. The van der Waals surface area contributed by atoms with Gasteiger partial charge in [-0.3, -0.25) is 4.79 Å². The molecule has 90 valence electrons. The van der Waals surface area contributed by atoms with Crippen molar-refractivity contribution in [2.24, 2.45) is 0 Å². The Labute approximate surface area is 107 Å². The molecule has 1 aromatic heterocycles. The van der Waals surface area contributed by atoms with Crippen molar-refractivity contribution in [2.75, 3.05) is 7.11 Å². The normalized spacial score (nSPS) is 11.1. The molecular formula is C10H15BrN2O2S. The molecule has 0 spiro atoms. The van der Waals surface area contributed by atoms with Crippen LogP contribution in [0, 0.1) is 0 Å². The van der Waals surface area contributed by atoms with Gasteiger partial charge in [0.2, 0.25) is 0 Å². The molecule has 1 rings (SSSR count). The lowest BCUT2D eigenvalue weighted by Gasteiger charge is -2.07. The van der Waals surface area contributed by atoms with Gasteiger partial charge in [0.1, 0.15) is 10.3 Å². The molecule has 0 saturated heterocycles. The smallest absolute Gasteiger partial charge is 0.265 e. The number of aromatic nitrogens is 2. The van der Waals surface area contributed by atoms with Crippen molar-refractivity contribution in [3.05, 3.63) is 26.3 Å². The molecule has 0 aliphatic rings. The maximum Gasteiger partial charge on any atom is 0.265 e. The molecule has 0 fully saturated rings. The van der Waals surface area contributed by atoms with Crippen molar-refractivity contribution in [2.45, 2.75) is 31.5 Å². The average Bonchev–Trinajstić information content (AvgIpc) is 2.22. The first-order valence-electron chi connectivity index (χ1n) is 4.92. The Morgan fingerprint density at radius 3 is 2.81 bits per heavy atom. The monoisotopic (exact) mass is 306 g/mol. The van der Waals surface area contributed by atoms with Crippen LogP contribution < -0.4 is 5.56 Å². The summed E-state index contributed by atoms with van der Waals surface area (Å²) in [4.78, 5) is 18.7. The summed E-state index contributed by atoms with van der Waals surface area (Å²) in [6, 6.07) is 0. The summed E-state index contributed by atoms with van der Waals surface area (Å²) < 4.78 is 5.44. The van der Waals surface area contributed by atoms with E-state index in [0.29, 0.717) is 33.6 Å². The van der Waals surface area contributed by atoms with Gasteiger partial charge in [-0.2, -0.15) is 11.8 Å². The van der Waals surface area contributed by atoms with E-state index >= 15 is 0 Å². The van der Waals surface area contributed by atoms with Crippen LogP contribution in [0.1, 0.15) is 25.4 Å². The van der Waals surface area contributed by atoms with E-state index in [1.165, 1.54) is 0 Å². The summed E-state index contributed by atoms with van der Waals surface area (Å²) >= 11 is 4.94. The molecule has 16 heavy (non-hydrogen) atoms. The summed E-state index contributed by atoms with van der Waals surface area (Å²) in [5.41, 5.74) is 0.493. The van der Waals surface area contributed by atoms with Crippen LogP contribution in [0.2, 0.25) is 0 Å². The number of rotatable bonds is 5. The highest BCUT2D eigenvalue weighted by Gasteiger charge is 2.09. The number of halogens is 1. The van der Waals surface area contributed by atoms with Gasteiger partial charge in [-0.25, -0.2) is 4.98 Å². The van der Waals surface area contributed by atoms with Crippen molar-refractivity contribution in [3.63, 3.8) is 0 Å². The van der Waals surface area contributed by atoms with E-state index in [-0.39, 0.29) is 5.56 Å². The Morgan fingerprint density at radius 2 is 2.25 bits per heavy atom. The highest BCUT2D eigenvalue weighted by Crippen LogP contribution is 2.16. The number of H-pyrrole nitrogens is 1. The molecule has 1 aromatic rings. The Morgan fingerprint density at radius 1 is 1.56 bits per heavy atom. The molecule has 0 aromatic carbocycles. The fourth-order valence-electron chi connectivity index (χ4n) is 1.10. The van der Waals surface area contributed by atoms with E-state index < -0.39 is 0 Å². The molecule has 0 amide bonds. The molecule has 4 nitrogen and oxygen atoms in total. The van der Waals surface area contributed by atoms with Crippen LogP contribution in [0.3, 0.4) is 0 Å². The Kier molecular flexibility index (Phi) is 5.51. The van der Waals surface area contributed by atoms with Crippen LogP contribution in [0.25, 0.3) is 0 Å². The fraction of sp³-hybridized carbons (Fsp3) is 0.600. The van der Waals surface area contributed by atoms with Gasteiger partial charge in [-0.1, -0.05) is 13.8 Å². The Hall–Kier alpha value is -0.330. The van der Waals surface area contributed by atoms with Crippen LogP contribution in [0.15, 0.2) is 9.27 Å². The third-order valence-electron chi connectivity index (χ3n) is 1.81. The number of thioether (sulfide) groups is 1. The van der Waals surface area contributed by atoms with E-state index in [2.05, 4.69) is 39.7 Å². The second-order valence-electron chi connectivity index (χ2n) is 3.57. The maximum absolute atomic E-state index is 11.6. The van der Waals surface area contributed by atoms with Crippen LogP contribution >= 0.6 is 27.7 Å². The number of aromatic amines is 1. The molecule has 0 bridgehead atoms. The molecular weight excluding hydrogens is 292 g/mol. The molecule has 0 saturated carbocycles. The van der Waals surface area contributed by atoms with Crippen LogP contribution in [0.4, 0.5) is 0 Å². The molecule has 0 atom stereocenters. The average molecular weight is 307 g/mol. The quantitative estimate of drug-likeness (QED) is 0.907. The van der Waals surface area contributed by atoms with Gasteiger partial charge in [-0.05, 0) is 21.2 Å². The predicted molar refractivity (Wildman–Crippen MR) is 69.7 cm³/mol. The van der Waals surface area contributed by atoms with Crippen molar-refractivity contribution < 1.29 is 4.74 Å². The number of ether oxygens (including phenoxy) is 1. The number of hydrogen-bond donors (Lipinski definition) is 1. The standard InChI is InChI=1S/C10H15BrN2O2S/c1-6(2)16-5-8-12-7(4-15-3)9(11)10(14)13-8/h6H,4-5H2,1-3H3,(H,12,13,14). The first kappa shape index (κ1) is 13.7. The topological polar surface area (TPSA) is 55.0 Å². The predicted octanol–water partition coefficient (Wildman–Crippen LogP) is 2.32. The van der Waals surface area contributed by atoms with E-state index in [9.17, 15) is 4.79 Å². The van der Waals surface area contributed by atoms with Crippen molar-refractivity contribution in [3.8, 4) is 0 Å². The number of methoxy groups -OCH3 is 1. The van der Waals surface area contributed by atoms with Crippen LogP contribution in [-0.2, 0) is 17.1 Å². The van der Waals surface area contributed by atoms with Crippen molar-refractivity contribution >= 4 is 27.7 Å². The number of hydrogen-bond acceptors (Lipinski definition) is 4. The summed E-state index contributed by atoms with van der Waals surface area (Å²) in [5, 5.41) is 0.514. The molecule has 1 N–H and O–H groups in total. The minimum atomic E-state index is -0.151. The van der Waals surface area contributed by atoms with Gasteiger partial charge in [0.15, 0.2) is 0 Å². The lowest BCUT2D eigenvalue weighted by atomic mass is 10.4. The minimum absolute atomic E-state index is 0.151. The fourth-order valence-corrected chi connectivity index (χ4v) is 2.03. The largest absolute Gasteiger partial charge is 0.378 e. The van der Waals surface area contributed by atoms with Crippen LogP contribution in [0.5, 0.6) is 0 Å². The van der Waals surface area contributed by atoms with E-state index in [1.807, 2.05) is 0 Å². The zero-order chi connectivity index (χ0) is 12.1. The molecule has 0 radical (unpaired) electrons. The minimum Gasteiger partial charge on any atom is -0.378 e. The second kappa shape index (κ2) is 6.42. The summed E-state index contributed by atoms with van der Waals surface area (Å²) in [5.74, 6) is 1.40. The van der Waals surface area contributed by atoms with Crippen LogP contribution in [-0.4, -0.2) is 22.3 Å². The second-order valence-corrected chi connectivity index (χ2v) is 5.92. The third kappa shape index (κ3) is 3.92. The molecule has 0 unspecified atom stereocenters. The van der Waals surface area contributed by atoms with E-state index in [0.717, 1.165) is 0 Å². The molecule has 1 heterocycles. The molecule has 6 heteroatoms. The first-order valence-corrected chi connectivity index (χ1v) is 6.77. The Balaban J connectivity index is 2.90. The lowest BCUT2D eigenvalue weighted by molar-refractivity contribution is 0.180. The number of nitrogens with one attached hydrogen (secondary N) is 1. The SMILES string of the molecule is COCc1nc(CSC(C)C)[nH]c(=O)c1Br. The summed E-state index contributed by atoms with van der Waals surface area (Å²) in [6.07, 6.45) is 0. The molecule has 0 aliphatic heterocycles. The highest BCUT2D eigenvalue weighted by molar-refractivity contribution is 9.10. The maximum atomic E-state index is 11.6. The third-order valence-corrected chi connectivity index (χ3v) is 3.74. The first-order chi connectivity index (χ1) is 7.54. The van der Waals surface area contributed by atoms with Gasteiger partial charge in [0.05, 0.1) is 18.1 Å². The van der Waals surface area contributed by atoms with Gasteiger partial charge >= 0.3 is 0 Å². The Bertz CT molecular complexity index is 406. The summed E-state index contributed by atoms with van der Waals surface area (Å²) in [7, 11) is 1.58. The van der Waals surface area contributed by atoms with Gasteiger partial charge < -0.3 is 9.72 Å². The van der Waals surface area contributed by atoms with Gasteiger partial charge in [0.25, 0.3) is 5.56 Å². The lowest BCUT2D eigenvalue weighted by Crippen LogP contribution is -2.16. The summed E-state index contributed by atoms with van der Waals surface area (Å²) in [6.45, 7) is 4.55. The van der Waals surface area contributed by atoms with Gasteiger partial charge in [-0.15, -0.1) is 0 Å². The number of nitrogens with zero attached hydrogens (tertiary/aromatic N) is 1.